The van der Waals surface area contributed by atoms with Crippen LogP contribution in [0.2, 0.25) is 0 Å². The largest absolute Gasteiger partial charge is 0.357 e. The second kappa shape index (κ2) is 7.81. The molecule has 1 spiro atoms. The minimum Gasteiger partial charge on any atom is -0.357 e. The number of aliphatic imine (C=N–C) groups is 1. The summed E-state index contributed by atoms with van der Waals surface area (Å²) in [7, 11) is 0. The molecule has 2 aromatic rings. The first kappa shape index (κ1) is 18.8. The van der Waals surface area contributed by atoms with Gasteiger partial charge in [0.05, 0.1) is 17.6 Å². The van der Waals surface area contributed by atoms with E-state index in [4.69, 9.17) is 4.99 Å². The van der Waals surface area contributed by atoms with E-state index in [0.29, 0.717) is 13.0 Å². The van der Waals surface area contributed by atoms with Crippen molar-refractivity contribution in [3.63, 3.8) is 0 Å². The van der Waals surface area contributed by atoms with Crippen LogP contribution < -0.4 is 10.6 Å². The normalized spacial score (nSPS) is 22.9. The maximum Gasteiger partial charge on any atom is 0.220 e. The Bertz CT molecular complexity index is 888. The monoisotopic (exact) mass is 382 g/mol. The van der Waals surface area contributed by atoms with Gasteiger partial charge in [-0.25, -0.2) is 4.98 Å². The fourth-order valence-electron chi connectivity index (χ4n) is 4.59. The molecular formula is C21H30N6O. The molecular weight excluding hydrogens is 352 g/mol. The highest BCUT2D eigenvalue weighted by molar-refractivity contribution is 5.82. The number of hydrogen-bond donors (Lipinski definition) is 2. The molecule has 150 valence electrons. The molecule has 1 atom stereocenters. The van der Waals surface area contributed by atoms with Crippen LogP contribution in [-0.2, 0) is 11.3 Å². The first-order valence-electron chi connectivity index (χ1n) is 10.3. The number of amides is 1. The van der Waals surface area contributed by atoms with E-state index >= 15 is 0 Å². The highest BCUT2D eigenvalue weighted by Crippen LogP contribution is 2.36. The summed E-state index contributed by atoms with van der Waals surface area (Å²) in [4.78, 5) is 23.7. The van der Waals surface area contributed by atoms with Crippen LogP contribution in [-0.4, -0.2) is 59.0 Å². The van der Waals surface area contributed by atoms with Crippen LogP contribution in [0.3, 0.4) is 0 Å². The summed E-state index contributed by atoms with van der Waals surface area (Å²) in [5.74, 6) is 2.17. The fourth-order valence-corrected chi connectivity index (χ4v) is 4.59. The summed E-state index contributed by atoms with van der Waals surface area (Å²) >= 11 is 0. The van der Waals surface area contributed by atoms with Gasteiger partial charge < -0.3 is 20.1 Å². The van der Waals surface area contributed by atoms with Gasteiger partial charge in [0.1, 0.15) is 5.82 Å². The van der Waals surface area contributed by atoms with E-state index < -0.39 is 0 Å². The molecule has 0 bridgehead atoms. The minimum absolute atomic E-state index is 0.0721. The van der Waals surface area contributed by atoms with Gasteiger partial charge in [0, 0.05) is 44.6 Å². The smallest absolute Gasteiger partial charge is 0.220 e. The van der Waals surface area contributed by atoms with E-state index in [2.05, 4.69) is 50.2 Å². The molecule has 2 aliphatic heterocycles. The zero-order valence-electron chi connectivity index (χ0n) is 16.9. The fraction of sp³-hybridized carbons (Fsp3) is 0.571. The summed E-state index contributed by atoms with van der Waals surface area (Å²) < 4.78 is 2.24. The van der Waals surface area contributed by atoms with E-state index in [0.717, 1.165) is 68.4 Å². The van der Waals surface area contributed by atoms with Crippen molar-refractivity contribution in [1.82, 2.24) is 25.1 Å². The van der Waals surface area contributed by atoms with Gasteiger partial charge in [-0.15, -0.1) is 0 Å². The first-order chi connectivity index (χ1) is 13.6. The van der Waals surface area contributed by atoms with Gasteiger partial charge in [-0.1, -0.05) is 12.1 Å². The first-order valence-corrected chi connectivity index (χ1v) is 10.3. The topological polar surface area (TPSA) is 74.6 Å². The minimum atomic E-state index is 0.0721. The molecule has 28 heavy (non-hydrogen) atoms. The zero-order valence-corrected chi connectivity index (χ0v) is 16.9. The van der Waals surface area contributed by atoms with Crippen molar-refractivity contribution in [2.45, 2.75) is 39.7 Å². The van der Waals surface area contributed by atoms with Gasteiger partial charge in [0.15, 0.2) is 5.96 Å². The Kier molecular flexibility index (Phi) is 5.24. The van der Waals surface area contributed by atoms with Crippen LogP contribution in [0.1, 0.15) is 32.0 Å². The number of nitrogens with zero attached hydrogens (tertiary/aromatic N) is 4. The molecule has 0 aliphatic carbocycles. The third-order valence-electron chi connectivity index (χ3n) is 5.92. The Hall–Kier alpha value is -2.57. The number of likely N-dealkylation sites (tertiary alicyclic amines) is 1. The SMILES string of the molecule is CCNC(=NCCn1c(C)nc2ccccc21)N1CCCC2(CNC(=O)C2)C1. The number of carbonyl (C=O) groups is 1. The molecule has 1 aromatic heterocycles. The summed E-state index contributed by atoms with van der Waals surface area (Å²) in [5.41, 5.74) is 2.27. The molecule has 4 rings (SSSR count). The number of imidazole rings is 1. The maximum absolute atomic E-state index is 11.8. The number of fused-ring (bicyclic) bond motifs is 1. The lowest BCUT2D eigenvalue weighted by atomic mass is 9.79. The Morgan fingerprint density at radius 2 is 2.25 bits per heavy atom. The molecule has 1 amide bonds. The third kappa shape index (κ3) is 3.70. The predicted octanol–water partition coefficient (Wildman–Crippen LogP) is 1.91. The van der Waals surface area contributed by atoms with Crippen LogP contribution >= 0.6 is 0 Å². The highest BCUT2D eigenvalue weighted by Gasteiger charge is 2.42. The lowest BCUT2D eigenvalue weighted by Crippen LogP contribution is -2.51. The van der Waals surface area contributed by atoms with Crippen LogP contribution in [0.5, 0.6) is 0 Å². The number of hydrogen-bond acceptors (Lipinski definition) is 3. The molecule has 1 unspecified atom stereocenters. The summed E-state index contributed by atoms with van der Waals surface area (Å²) in [6.07, 6.45) is 2.86. The summed E-state index contributed by atoms with van der Waals surface area (Å²) in [6.45, 7) is 9.18. The van der Waals surface area contributed by atoms with E-state index in [1.54, 1.807) is 0 Å². The number of nitrogens with one attached hydrogen (secondary N) is 2. The standard InChI is InChI=1S/C21H30N6O/c1-3-22-20(26-11-6-9-21(15-26)13-19(28)24-14-21)23-10-12-27-16(2)25-17-7-4-5-8-18(17)27/h4-5,7-8H,3,6,9-15H2,1-2H3,(H,22,23)(H,24,28). The van der Waals surface area contributed by atoms with Crippen molar-refractivity contribution in [2.75, 3.05) is 32.7 Å². The molecule has 7 nitrogen and oxygen atoms in total. The molecule has 3 heterocycles. The Balaban J connectivity index is 1.47. The molecule has 7 heteroatoms. The van der Waals surface area contributed by atoms with Gasteiger partial charge in [-0.2, -0.15) is 0 Å². The molecule has 2 saturated heterocycles. The lowest BCUT2D eigenvalue weighted by Gasteiger charge is -2.40. The second-order valence-corrected chi connectivity index (χ2v) is 8.01. The Morgan fingerprint density at radius 1 is 1.39 bits per heavy atom. The number of carbonyl (C=O) groups excluding carboxylic acids is 1. The third-order valence-corrected chi connectivity index (χ3v) is 5.92. The van der Waals surface area contributed by atoms with Gasteiger partial charge in [0.2, 0.25) is 5.91 Å². The van der Waals surface area contributed by atoms with E-state index in [1.165, 1.54) is 0 Å². The van der Waals surface area contributed by atoms with Crippen molar-refractivity contribution in [2.24, 2.45) is 10.4 Å². The van der Waals surface area contributed by atoms with Gasteiger partial charge in [-0.05, 0) is 38.8 Å². The molecule has 0 radical (unpaired) electrons. The highest BCUT2D eigenvalue weighted by atomic mass is 16.1. The number of aryl methyl sites for hydroxylation is 1. The van der Waals surface area contributed by atoms with Crippen molar-refractivity contribution < 1.29 is 4.79 Å². The average Bonchev–Trinajstić information content (AvgIpc) is 3.20. The van der Waals surface area contributed by atoms with Crippen molar-refractivity contribution in [3.05, 3.63) is 30.1 Å². The van der Waals surface area contributed by atoms with Crippen LogP contribution in [0.25, 0.3) is 11.0 Å². The molecule has 2 N–H and O–H groups in total. The molecule has 2 aliphatic rings. The van der Waals surface area contributed by atoms with Crippen molar-refractivity contribution in [1.29, 1.82) is 0 Å². The quantitative estimate of drug-likeness (QED) is 0.626. The average molecular weight is 383 g/mol. The van der Waals surface area contributed by atoms with Gasteiger partial charge >= 0.3 is 0 Å². The number of rotatable bonds is 4. The summed E-state index contributed by atoms with van der Waals surface area (Å²) in [5, 5.41) is 6.47. The second-order valence-electron chi connectivity index (χ2n) is 8.01. The predicted molar refractivity (Wildman–Crippen MR) is 111 cm³/mol. The van der Waals surface area contributed by atoms with Crippen molar-refractivity contribution in [3.8, 4) is 0 Å². The maximum atomic E-state index is 11.8. The van der Waals surface area contributed by atoms with Gasteiger partial charge in [-0.3, -0.25) is 9.79 Å². The zero-order chi connectivity index (χ0) is 19.6. The number of para-hydroxylation sites is 2. The van der Waals surface area contributed by atoms with E-state index in [1.807, 2.05) is 13.0 Å². The Labute approximate surface area is 166 Å². The molecule has 0 saturated carbocycles. The van der Waals surface area contributed by atoms with Crippen LogP contribution in [0.15, 0.2) is 29.3 Å². The van der Waals surface area contributed by atoms with E-state index in [9.17, 15) is 4.79 Å². The van der Waals surface area contributed by atoms with Crippen LogP contribution in [0.4, 0.5) is 0 Å². The number of piperidine rings is 1. The van der Waals surface area contributed by atoms with Crippen molar-refractivity contribution >= 4 is 22.9 Å². The lowest BCUT2D eigenvalue weighted by molar-refractivity contribution is -0.119. The number of aromatic nitrogens is 2. The van der Waals surface area contributed by atoms with Crippen LogP contribution in [0, 0.1) is 12.3 Å². The number of benzene rings is 1. The molecule has 2 fully saturated rings. The van der Waals surface area contributed by atoms with E-state index in [-0.39, 0.29) is 11.3 Å². The van der Waals surface area contributed by atoms with Gasteiger partial charge in [0.25, 0.3) is 0 Å². The number of guanidine groups is 1. The Morgan fingerprint density at radius 3 is 3.04 bits per heavy atom. The molecule has 1 aromatic carbocycles. The summed E-state index contributed by atoms with van der Waals surface area (Å²) in [6, 6.07) is 8.24.